The van der Waals surface area contributed by atoms with E-state index in [9.17, 15) is 0 Å². The molecule has 0 aliphatic heterocycles. The fraction of sp³-hybridized carbons (Fsp3) is 1.00. The Hall–Kier alpha value is 1.40. The van der Waals surface area contributed by atoms with Gasteiger partial charge in [0.25, 0.3) is 0 Å². The molecule has 0 amide bonds. The quantitative estimate of drug-likeness (QED) is 0.459. The Morgan fingerprint density at radius 2 is 0.800 bits per heavy atom. The molecule has 28 valence electrons. The Kier molecular flexibility index (Phi) is 172. The maximum Gasteiger partial charge on any atom is 2.00 e. The third-order valence-corrected chi connectivity index (χ3v) is 0. The summed E-state index contributed by atoms with van der Waals surface area (Å²) in [4.78, 5) is 0. The number of hydrogen-bond donors (Lipinski definition) is 0. The first-order chi connectivity index (χ1) is 2.00. The maximum absolute atomic E-state index is 5.75. The average Bonchev–Trinajstić information content (AvgIpc) is 1.50. The molecule has 0 aliphatic rings. The van der Waals surface area contributed by atoms with E-state index in [0.717, 1.165) is 0 Å². The van der Waals surface area contributed by atoms with Crippen molar-refractivity contribution in [1.82, 2.24) is 0 Å². The van der Waals surface area contributed by atoms with Gasteiger partial charge < -0.3 is 11.5 Å². The van der Waals surface area contributed by atoms with Crippen LogP contribution in [0.2, 0.25) is 0 Å². The van der Waals surface area contributed by atoms with E-state index in [-0.39, 0.29) is 45.5 Å². The summed E-state index contributed by atoms with van der Waals surface area (Å²) < 4.78 is 0. The van der Waals surface area contributed by atoms with Crippen molar-refractivity contribution in [2.45, 2.75) is 0 Å². The van der Waals surface area contributed by atoms with Crippen LogP contribution in [0.5, 0.6) is 0 Å². The van der Waals surface area contributed by atoms with E-state index >= 15 is 0 Å². The van der Waals surface area contributed by atoms with Gasteiger partial charge in [0, 0.05) is 0 Å². The van der Waals surface area contributed by atoms with Crippen LogP contribution >= 0.6 is 0 Å². The van der Waals surface area contributed by atoms with Gasteiger partial charge in [0.2, 0.25) is 0 Å². The van der Waals surface area contributed by atoms with Crippen molar-refractivity contribution in [1.29, 1.82) is 0 Å². The molecule has 2 N–H and O–H groups in total. The van der Waals surface area contributed by atoms with Gasteiger partial charge in [-0.05, 0) is 0 Å². The molecular formula is C2H8N2Sr. The van der Waals surface area contributed by atoms with Gasteiger partial charge in [0.15, 0.2) is 0 Å². The van der Waals surface area contributed by atoms with Crippen LogP contribution < -0.4 is 0 Å². The molecule has 3 heteroatoms. The van der Waals surface area contributed by atoms with E-state index in [2.05, 4.69) is 0 Å². The molecular weight excluding hydrogens is 140 g/mol. The van der Waals surface area contributed by atoms with Crippen molar-refractivity contribution < 1.29 is 0 Å². The summed E-state index contributed by atoms with van der Waals surface area (Å²) in [5.41, 5.74) is 11.5. The fourth-order valence-electron chi connectivity index (χ4n) is 0. The SMILES string of the molecule is C[NH-].C[NH-].[Sr+2]. The number of rotatable bonds is 0. The first kappa shape index (κ1) is 16.1. The maximum atomic E-state index is 5.75. The first-order valence-corrected chi connectivity index (χ1v) is 1.00. The predicted molar refractivity (Wildman–Crippen MR) is 26.2 cm³/mol. The van der Waals surface area contributed by atoms with Crippen LogP contribution in [-0.4, -0.2) is 59.6 Å². The normalized spacial score (nSPS) is 2.40. The molecule has 0 aliphatic carbocycles. The third-order valence-electron chi connectivity index (χ3n) is 0. The van der Waals surface area contributed by atoms with Crippen molar-refractivity contribution in [2.24, 2.45) is 0 Å². The molecule has 0 heterocycles. The second-order valence-corrected chi connectivity index (χ2v) is 0. The standard InChI is InChI=1S/2CH4N.Sr/c2*1-2;/h2*2H,1H3;/q2*-1;+2. The molecule has 0 spiro atoms. The van der Waals surface area contributed by atoms with Crippen LogP contribution in [0.4, 0.5) is 0 Å². The summed E-state index contributed by atoms with van der Waals surface area (Å²) in [6.45, 7) is 0. The molecule has 5 heavy (non-hydrogen) atoms. The minimum Gasteiger partial charge on any atom is -0.680 e. The molecule has 0 fully saturated rings. The van der Waals surface area contributed by atoms with E-state index in [0.29, 0.717) is 0 Å². The molecule has 0 atom stereocenters. The summed E-state index contributed by atoms with van der Waals surface area (Å²) in [6, 6.07) is 0. The van der Waals surface area contributed by atoms with Crippen molar-refractivity contribution in [3.05, 3.63) is 11.5 Å². The molecule has 0 rings (SSSR count). The second kappa shape index (κ2) is 53.3. The monoisotopic (exact) mass is 148 g/mol. The van der Waals surface area contributed by atoms with Gasteiger partial charge in [-0.1, -0.05) is 0 Å². The predicted octanol–water partition coefficient (Wildman–Crippen LogP) is 0.956. The molecule has 0 aromatic rings. The molecule has 0 unspecified atom stereocenters. The molecule has 0 aromatic carbocycles. The van der Waals surface area contributed by atoms with Crippen molar-refractivity contribution in [3.8, 4) is 0 Å². The number of hydrogen-bond acceptors (Lipinski definition) is 0. The van der Waals surface area contributed by atoms with E-state index in [1.165, 1.54) is 14.1 Å². The van der Waals surface area contributed by atoms with Crippen LogP contribution in [0.3, 0.4) is 0 Å². The molecule has 0 saturated carbocycles. The third kappa shape index (κ3) is 31.8. The minimum atomic E-state index is 0. The van der Waals surface area contributed by atoms with Crippen LogP contribution in [0.1, 0.15) is 0 Å². The van der Waals surface area contributed by atoms with Gasteiger partial charge >= 0.3 is 45.5 Å². The van der Waals surface area contributed by atoms with Crippen molar-refractivity contribution in [3.63, 3.8) is 0 Å². The van der Waals surface area contributed by atoms with Crippen molar-refractivity contribution in [2.75, 3.05) is 14.1 Å². The van der Waals surface area contributed by atoms with Gasteiger partial charge in [-0.15, -0.1) is 0 Å². The Balaban J connectivity index is -0.0000000133. The van der Waals surface area contributed by atoms with E-state index < -0.39 is 0 Å². The average molecular weight is 148 g/mol. The van der Waals surface area contributed by atoms with Gasteiger partial charge in [0.05, 0.1) is 0 Å². The number of nitrogens with one attached hydrogen (secondary N) is 2. The molecule has 2 nitrogen and oxygen atoms in total. The second-order valence-electron chi connectivity index (χ2n) is 0. The molecule has 0 bridgehead atoms. The molecule has 0 saturated heterocycles. The topological polar surface area (TPSA) is 47.6 Å². The zero-order chi connectivity index (χ0) is 4.00. The molecule has 0 radical (unpaired) electrons. The van der Waals surface area contributed by atoms with Gasteiger partial charge in [-0.2, -0.15) is 14.1 Å². The summed E-state index contributed by atoms with van der Waals surface area (Å²) >= 11 is 0. The zero-order valence-electron chi connectivity index (χ0n) is 3.71. The Bertz CT molecular complexity index is 7.61. The van der Waals surface area contributed by atoms with E-state index in [1.54, 1.807) is 0 Å². The summed E-state index contributed by atoms with van der Waals surface area (Å²) in [5, 5.41) is 0. The van der Waals surface area contributed by atoms with Crippen LogP contribution in [0.15, 0.2) is 0 Å². The van der Waals surface area contributed by atoms with Gasteiger partial charge in [0.1, 0.15) is 0 Å². The summed E-state index contributed by atoms with van der Waals surface area (Å²) in [6.07, 6.45) is 0. The first-order valence-electron chi connectivity index (χ1n) is 1.00. The Labute approximate surface area is 70.2 Å². The van der Waals surface area contributed by atoms with Crippen LogP contribution in [-0.2, 0) is 0 Å². The molecule has 0 aromatic heterocycles. The fourth-order valence-corrected chi connectivity index (χ4v) is 0. The van der Waals surface area contributed by atoms with Gasteiger partial charge in [-0.25, -0.2) is 0 Å². The van der Waals surface area contributed by atoms with Crippen LogP contribution in [0.25, 0.3) is 11.5 Å². The summed E-state index contributed by atoms with van der Waals surface area (Å²) in [7, 11) is 2.50. The zero-order valence-corrected chi connectivity index (χ0v) is 7.18. The Morgan fingerprint density at radius 1 is 0.800 bits per heavy atom. The largest absolute Gasteiger partial charge is 2.00 e. The summed E-state index contributed by atoms with van der Waals surface area (Å²) in [5.74, 6) is 0. The van der Waals surface area contributed by atoms with Crippen LogP contribution in [0, 0.1) is 0 Å². The van der Waals surface area contributed by atoms with Crippen molar-refractivity contribution >= 4 is 45.5 Å². The smallest absolute Gasteiger partial charge is 0.680 e. The minimum absolute atomic E-state index is 0. The van der Waals surface area contributed by atoms with Gasteiger partial charge in [-0.3, -0.25) is 0 Å². The van der Waals surface area contributed by atoms with E-state index in [1.807, 2.05) is 0 Å². The Morgan fingerprint density at radius 3 is 0.800 bits per heavy atom. The van der Waals surface area contributed by atoms with E-state index in [4.69, 9.17) is 11.5 Å².